The number of halogens is 1. The minimum absolute atomic E-state index is 0.0124. The standard InChI is InChI=1S/C16H16ClN3O2/c1-9-8-12(17)18-10-6-7-16(2,15(22)14(9)10)11-4-5-13(21)20(3)19-11/h4-5,8H,6-7H2,1-3H3. The van der Waals surface area contributed by atoms with E-state index < -0.39 is 5.41 Å². The first-order valence-electron chi connectivity index (χ1n) is 7.08. The first-order valence-corrected chi connectivity index (χ1v) is 7.46. The van der Waals surface area contributed by atoms with Crippen LogP contribution < -0.4 is 5.56 Å². The van der Waals surface area contributed by atoms with Crippen LogP contribution in [-0.2, 0) is 18.9 Å². The zero-order valence-corrected chi connectivity index (χ0v) is 13.4. The van der Waals surface area contributed by atoms with Crippen LogP contribution in [0.1, 0.15) is 40.7 Å². The Hall–Kier alpha value is -2.01. The Morgan fingerprint density at radius 3 is 2.73 bits per heavy atom. The zero-order valence-electron chi connectivity index (χ0n) is 12.7. The lowest BCUT2D eigenvalue weighted by Gasteiger charge is -2.33. The van der Waals surface area contributed by atoms with E-state index in [0.717, 1.165) is 11.3 Å². The number of hydrogen-bond donors (Lipinski definition) is 0. The lowest BCUT2D eigenvalue weighted by molar-refractivity contribution is 0.0868. The van der Waals surface area contributed by atoms with E-state index in [9.17, 15) is 9.59 Å². The molecule has 0 saturated heterocycles. The fourth-order valence-electron chi connectivity index (χ4n) is 2.99. The van der Waals surface area contributed by atoms with Gasteiger partial charge in [0.2, 0.25) is 0 Å². The van der Waals surface area contributed by atoms with Gasteiger partial charge < -0.3 is 0 Å². The Kier molecular flexibility index (Phi) is 3.40. The lowest BCUT2D eigenvalue weighted by Crippen LogP contribution is -2.40. The van der Waals surface area contributed by atoms with Gasteiger partial charge in [-0.15, -0.1) is 0 Å². The van der Waals surface area contributed by atoms with Crippen LogP contribution in [0.2, 0.25) is 5.15 Å². The van der Waals surface area contributed by atoms with Crippen LogP contribution in [0, 0.1) is 6.92 Å². The van der Waals surface area contributed by atoms with E-state index in [1.165, 1.54) is 10.7 Å². The molecule has 0 bridgehead atoms. The number of fused-ring (bicyclic) bond motifs is 1. The van der Waals surface area contributed by atoms with Gasteiger partial charge in [0.1, 0.15) is 5.15 Å². The number of aryl methyl sites for hydroxylation is 3. The number of carbonyl (C=O) groups is 1. The second kappa shape index (κ2) is 5.02. The van der Waals surface area contributed by atoms with Gasteiger partial charge in [-0.05, 0) is 44.4 Å². The van der Waals surface area contributed by atoms with Crippen LogP contribution in [0.5, 0.6) is 0 Å². The van der Waals surface area contributed by atoms with Crippen molar-refractivity contribution in [2.75, 3.05) is 0 Å². The van der Waals surface area contributed by atoms with Crippen LogP contribution in [0.15, 0.2) is 23.0 Å². The maximum atomic E-state index is 13.1. The summed E-state index contributed by atoms with van der Waals surface area (Å²) in [6.45, 7) is 3.74. The molecule has 0 amide bonds. The summed E-state index contributed by atoms with van der Waals surface area (Å²) in [5.41, 5.74) is 1.88. The molecule has 5 nitrogen and oxygen atoms in total. The largest absolute Gasteiger partial charge is 0.293 e. The number of ketones is 1. The van der Waals surface area contributed by atoms with Crippen molar-refractivity contribution in [2.45, 2.75) is 32.1 Å². The summed E-state index contributed by atoms with van der Waals surface area (Å²) in [6, 6.07) is 4.80. The normalized spacial score (nSPS) is 20.8. The topological polar surface area (TPSA) is 64.8 Å². The van der Waals surface area contributed by atoms with Crippen molar-refractivity contribution >= 4 is 17.4 Å². The molecule has 0 aliphatic heterocycles. The molecule has 2 aromatic rings. The number of hydrogen-bond acceptors (Lipinski definition) is 4. The summed E-state index contributed by atoms with van der Waals surface area (Å²) in [4.78, 5) is 28.9. The van der Waals surface area contributed by atoms with Crippen LogP contribution >= 0.6 is 11.6 Å². The van der Waals surface area contributed by atoms with Gasteiger partial charge in [-0.1, -0.05) is 11.6 Å². The molecule has 1 unspecified atom stereocenters. The quantitative estimate of drug-likeness (QED) is 0.757. The first kappa shape index (κ1) is 14.9. The molecule has 0 N–H and O–H groups in total. The third kappa shape index (κ3) is 2.16. The molecule has 3 rings (SSSR count). The van der Waals surface area contributed by atoms with Crippen LogP contribution in [0.3, 0.4) is 0 Å². The summed E-state index contributed by atoms with van der Waals surface area (Å²) in [5.74, 6) is -0.0124. The number of pyridine rings is 1. The highest BCUT2D eigenvalue weighted by atomic mass is 35.5. The Morgan fingerprint density at radius 1 is 1.32 bits per heavy atom. The van der Waals surface area contributed by atoms with Crippen molar-refractivity contribution < 1.29 is 4.79 Å². The number of aromatic nitrogens is 3. The van der Waals surface area contributed by atoms with Gasteiger partial charge in [-0.2, -0.15) is 5.10 Å². The van der Waals surface area contributed by atoms with Crippen molar-refractivity contribution in [3.63, 3.8) is 0 Å². The van der Waals surface area contributed by atoms with E-state index >= 15 is 0 Å². The Bertz CT molecular complexity index is 844. The molecule has 0 saturated carbocycles. The van der Waals surface area contributed by atoms with Gasteiger partial charge >= 0.3 is 0 Å². The SMILES string of the molecule is Cc1cc(Cl)nc2c1C(=O)C(C)(c1ccc(=O)n(C)n1)CC2. The van der Waals surface area contributed by atoms with Gasteiger partial charge in [0.25, 0.3) is 5.56 Å². The zero-order chi connectivity index (χ0) is 16.1. The summed E-state index contributed by atoms with van der Waals surface area (Å²) in [7, 11) is 1.59. The molecular weight excluding hydrogens is 302 g/mol. The number of rotatable bonds is 1. The molecule has 22 heavy (non-hydrogen) atoms. The number of carbonyl (C=O) groups excluding carboxylic acids is 1. The van der Waals surface area contributed by atoms with Gasteiger partial charge in [0.05, 0.1) is 16.8 Å². The van der Waals surface area contributed by atoms with E-state index in [4.69, 9.17) is 11.6 Å². The molecule has 2 aromatic heterocycles. The maximum absolute atomic E-state index is 13.1. The highest BCUT2D eigenvalue weighted by molar-refractivity contribution is 6.29. The third-order valence-corrected chi connectivity index (χ3v) is 4.57. The minimum Gasteiger partial charge on any atom is -0.293 e. The Morgan fingerprint density at radius 2 is 2.05 bits per heavy atom. The van der Waals surface area contributed by atoms with E-state index in [1.807, 2.05) is 13.8 Å². The van der Waals surface area contributed by atoms with E-state index in [1.54, 1.807) is 19.2 Å². The highest BCUT2D eigenvalue weighted by Crippen LogP contribution is 2.38. The number of nitrogens with zero attached hydrogens (tertiary/aromatic N) is 3. The fourth-order valence-corrected chi connectivity index (χ4v) is 3.25. The van der Waals surface area contributed by atoms with E-state index in [2.05, 4.69) is 10.1 Å². The molecule has 0 spiro atoms. The molecule has 1 atom stereocenters. The fraction of sp³-hybridized carbons (Fsp3) is 0.375. The van der Waals surface area contributed by atoms with Crippen molar-refractivity contribution in [1.29, 1.82) is 0 Å². The predicted molar refractivity (Wildman–Crippen MR) is 83.5 cm³/mol. The van der Waals surface area contributed by atoms with Gasteiger partial charge in [-0.25, -0.2) is 9.67 Å². The lowest BCUT2D eigenvalue weighted by atomic mass is 9.70. The Balaban J connectivity index is 2.15. The van der Waals surface area contributed by atoms with Crippen LogP contribution in [0.25, 0.3) is 0 Å². The highest BCUT2D eigenvalue weighted by Gasteiger charge is 2.42. The van der Waals surface area contributed by atoms with E-state index in [0.29, 0.717) is 29.3 Å². The minimum atomic E-state index is -0.751. The van der Waals surface area contributed by atoms with Crippen molar-refractivity contribution in [2.24, 2.45) is 7.05 Å². The molecule has 0 radical (unpaired) electrons. The van der Waals surface area contributed by atoms with E-state index in [-0.39, 0.29) is 11.3 Å². The summed E-state index contributed by atoms with van der Waals surface area (Å²) in [6.07, 6.45) is 1.25. The van der Waals surface area contributed by atoms with Crippen molar-refractivity contribution in [3.05, 3.63) is 56.2 Å². The van der Waals surface area contributed by atoms with Crippen LogP contribution in [0.4, 0.5) is 0 Å². The molecule has 114 valence electrons. The average molecular weight is 318 g/mol. The van der Waals surface area contributed by atoms with Gasteiger partial charge in [0.15, 0.2) is 5.78 Å². The Labute approximate surface area is 133 Å². The van der Waals surface area contributed by atoms with Crippen LogP contribution in [-0.4, -0.2) is 20.5 Å². The second-order valence-electron chi connectivity index (χ2n) is 5.93. The average Bonchev–Trinajstić information content (AvgIpc) is 2.45. The molecule has 6 heteroatoms. The molecule has 1 aliphatic carbocycles. The summed E-state index contributed by atoms with van der Waals surface area (Å²) in [5, 5.41) is 4.69. The first-order chi connectivity index (χ1) is 10.3. The maximum Gasteiger partial charge on any atom is 0.266 e. The molecule has 0 fully saturated rings. The monoisotopic (exact) mass is 317 g/mol. The third-order valence-electron chi connectivity index (χ3n) is 4.38. The smallest absolute Gasteiger partial charge is 0.266 e. The molecule has 2 heterocycles. The van der Waals surface area contributed by atoms with Gasteiger partial charge in [0, 0.05) is 18.7 Å². The predicted octanol–water partition coefficient (Wildman–Crippen LogP) is 2.22. The van der Waals surface area contributed by atoms with Gasteiger partial charge in [-0.3, -0.25) is 9.59 Å². The second-order valence-corrected chi connectivity index (χ2v) is 6.31. The molecule has 1 aliphatic rings. The summed E-state index contributed by atoms with van der Waals surface area (Å²) >= 11 is 5.98. The van der Waals surface area contributed by atoms with Crippen molar-refractivity contribution in [3.8, 4) is 0 Å². The molecular formula is C16H16ClN3O2. The number of Topliss-reactive ketones (excluding diaryl/α,β-unsaturated/α-hetero) is 1. The summed E-state index contributed by atoms with van der Waals surface area (Å²) < 4.78 is 1.26. The van der Waals surface area contributed by atoms with Crippen molar-refractivity contribution in [1.82, 2.24) is 14.8 Å². The molecule has 0 aromatic carbocycles.